The number of fused-ring (bicyclic) bond motifs is 1. The Bertz CT molecular complexity index is 1130. The van der Waals surface area contributed by atoms with Gasteiger partial charge in [0, 0.05) is 18.5 Å². The summed E-state index contributed by atoms with van der Waals surface area (Å²) < 4.78 is 38.0. The van der Waals surface area contributed by atoms with Crippen LogP contribution in [0.5, 0.6) is 0 Å². The molecule has 0 aliphatic heterocycles. The Kier molecular flexibility index (Phi) is 6.49. The Morgan fingerprint density at radius 3 is 2.55 bits per heavy atom. The van der Waals surface area contributed by atoms with Crippen LogP contribution in [-0.4, -0.2) is 32.6 Å². The molecule has 160 valence electrons. The highest BCUT2D eigenvalue weighted by atomic mass is 19.4. The number of hydrogen-bond acceptors (Lipinski definition) is 5. The molecule has 0 radical (unpaired) electrons. The monoisotopic (exact) mass is 430 g/mol. The van der Waals surface area contributed by atoms with Crippen LogP contribution in [0.25, 0.3) is 5.65 Å². The lowest BCUT2D eigenvalue weighted by Gasteiger charge is -2.07. The number of hydrogen-bond donors (Lipinski definition) is 2. The highest BCUT2D eigenvalue weighted by Gasteiger charge is 2.27. The first kappa shape index (κ1) is 21.8. The van der Waals surface area contributed by atoms with E-state index in [1.807, 2.05) is 6.07 Å². The number of amides is 2. The molecule has 0 saturated carbocycles. The van der Waals surface area contributed by atoms with E-state index in [-0.39, 0.29) is 19.0 Å². The second kappa shape index (κ2) is 9.25. The molecule has 0 spiro atoms. The maximum Gasteiger partial charge on any atom is 0.389 e. The lowest BCUT2D eigenvalue weighted by Crippen LogP contribution is -2.24. The van der Waals surface area contributed by atoms with Gasteiger partial charge in [0.05, 0.1) is 42.7 Å². The third kappa shape index (κ3) is 6.27. The summed E-state index contributed by atoms with van der Waals surface area (Å²) in [5.41, 5.74) is 2.44. The van der Waals surface area contributed by atoms with Crippen molar-refractivity contribution in [2.75, 3.05) is 0 Å². The standard InChI is InChI=1S/C20H17F3N6O2/c21-20(22,23)6-5-18(30)25-9-14-7-17-28-16(12-29(17)27-10-14)11-26-19(31)15-3-1-13(8-24)2-4-15/h1-4,7,10,12H,5-6,9,11H2,(H,25,30)(H,26,31). The average Bonchev–Trinajstić information content (AvgIpc) is 3.16. The summed E-state index contributed by atoms with van der Waals surface area (Å²) in [6.07, 6.45) is -3.09. The zero-order chi connectivity index (χ0) is 22.4. The number of carbonyl (C=O) groups excluding carboxylic acids is 2. The van der Waals surface area contributed by atoms with Crippen LogP contribution in [0.4, 0.5) is 13.2 Å². The maximum atomic E-state index is 12.2. The van der Waals surface area contributed by atoms with Gasteiger partial charge in [-0.15, -0.1) is 0 Å². The van der Waals surface area contributed by atoms with Crippen LogP contribution in [0.15, 0.2) is 42.7 Å². The molecule has 2 heterocycles. The van der Waals surface area contributed by atoms with Crippen LogP contribution >= 0.6 is 0 Å². The van der Waals surface area contributed by atoms with Crippen molar-refractivity contribution in [3.05, 3.63) is 65.1 Å². The van der Waals surface area contributed by atoms with Gasteiger partial charge >= 0.3 is 6.18 Å². The molecule has 3 aromatic rings. The van der Waals surface area contributed by atoms with Gasteiger partial charge in [0.15, 0.2) is 5.65 Å². The molecular formula is C20H17F3N6O2. The van der Waals surface area contributed by atoms with Gasteiger partial charge in [-0.3, -0.25) is 9.59 Å². The second-order valence-corrected chi connectivity index (χ2v) is 6.66. The number of imidazole rings is 1. The Morgan fingerprint density at radius 2 is 1.87 bits per heavy atom. The molecule has 0 fully saturated rings. The molecule has 2 aromatic heterocycles. The van der Waals surface area contributed by atoms with Crippen LogP contribution in [0.3, 0.4) is 0 Å². The van der Waals surface area contributed by atoms with Gasteiger partial charge in [0.25, 0.3) is 5.91 Å². The summed E-state index contributed by atoms with van der Waals surface area (Å²) >= 11 is 0. The zero-order valence-corrected chi connectivity index (χ0v) is 16.1. The van der Waals surface area contributed by atoms with Crippen LogP contribution < -0.4 is 10.6 Å². The van der Waals surface area contributed by atoms with Crippen molar-refractivity contribution in [3.63, 3.8) is 0 Å². The van der Waals surface area contributed by atoms with Crippen LogP contribution in [0.1, 0.15) is 40.0 Å². The van der Waals surface area contributed by atoms with Crippen molar-refractivity contribution in [1.82, 2.24) is 25.2 Å². The van der Waals surface area contributed by atoms with Crippen molar-refractivity contribution >= 4 is 17.5 Å². The molecule has 3 rings (SSSR count). The van der Waals surface area contributed by atoms with Crippen LogP contribution in [0, 0.1) is 11.3 Å². The fraction of sp³-hybridized carbons (Fsp3) is 0.250. The fourth-order valence-electron chi connectivity index (χ4n) is 2.66. The summed E-state index contributed by atoms with van der Waals surface area (Å²) in [6.45, 7) is 0.170. The van der Waals surface area contributed by atoms with Gasteiger partial charge in [-0.25, -0.2) is 9.50 Å². The summed E-state index contributed by atoms with van der Waals surface area (Å²) in [4.78, 5) is 28.1. The van der Waals surface area contributed by atoms with Gasteiger partial charge in [-0.05, 0) is 35.9 Å². The number of rotatable bonds is 7. The third-order valence-corrected chi connectivity index (χ3v) is 4.26. The van der Waals surface area contributed by atoms with E-state index in [9.17, 15) is 22.8 Å². The fourth-order valence-corrected chi connectivity index (χ4v) is 2.66. The van der Waals surface area contributed by atoms with Crippen molar-refractivity contribution in [2.45, 2.75) is 32.1 Å². The second-order valence-electron chi connectivity index (χ2n) is 6.66. The SMILES string of the molecule is N#Cc1ccc(C(=O)NCc2cn3ncc(CNC(=O)CCC(F)(F)F)cc3n2)cc1. The van der Waals surface area contributed by atoms with Gasteiger partial charge in [0.1, 0.15) is 0 Å². The third-order valence-electron chi connectivity index (χ3n) is 4.26. The molecule has 0 aliphatic carbocycles. The topological polar surface area (TPSA) is 112 Å². The number of alkyl halides is 3. The van der Waals surface area contributed by atoms with Gasteiger partial charge < -0.3 is 10.6 Å². The first-order chi connectivity index (χ1) is 14.7. The van der Waals surface area contributed by atoms with Crippen molar-refractivity contribution in [2.24, 2.45) is 0 Å². The molecule has 2 amide bonds. The number of benzene rings is 1. The molecule has 0 unspecified atom stereocenters. The van der Waals surface area contributed by atoms with E-state index in [4.69, 9.17) is 5.26 Å². The average molecular weight is 430 g/mol. The van der Waals surface area contributed by atoms with Crippen molar-refractivity contribution in [1.29, 1.82) is 5.26 Å². The normalized spacial score (nSPS) is 11.2. The molecule has 1 aromatic carbocycles. The molecule has 0 saturated heterocycles. The molecule has 0 atom stereocenters. The number of nitrogens with zero attached hydrogens (tertiary/aromatic N) is 4. The molecule has 0 aliphatic rings. The van der Waals surface area contributed by atoms with Crippen molar-refractivity contribution < 1.29 is 22.8 Å². The van der Waals surface area contributed by atoms with Crippen LogP contribution in [-0.2, 0) is 17.9 Å². The highest BCUT2D eigenvalue weighted by Crippen LogP contribution is 2.21. The largest absolute Gasteiger partial charge is 0.389 e. The summed E-state index contributed by atoms with van der Waals surface area (Å²) in [5, 5.41) is 18.1. The quantitative estimate of drug-likeness (QED) is 0.598. The Balaban J connectivity index is 1.55. The van der Waals surface area contributed by atoms with Crippen molar-refractivity contribution in [3.8, 4) is 6.07 Å². The number of nitriles is 1. The van der Waals surface area contributed by atoms with E-state index in [1.54, 1.807) is 36.5 Å². The molecule has 11 heteroatoms. The predicted octanol–water partition coefficient (Wildman–Crippen LogP) is 2.49. The summed E-state index contributed by atoms with van der Waals surface area (Å²) in [7, 11) is 0. The molecule has 8 nitrogen and oxygen atoms in total. The number of halogens is 3. The van der Waals surface area contributed by atoms with E-state index >= 15 is 0 Å². The molecule has 2 N–H and O–H groups in total. The first-order valence-electron chi connectivity index (χ1n) is 9.18. The summed E-state index contributed by atoms with van der Waals surface area (Å²) in [5.74, 6) is -1.02. The Hall–Kier alpha value is -3.94. The van der Waals surface area contributed by atoms with E-state index in [1.165, 1.54) is 10.7 Å². The number of aromatic nitrogens is 3. The molecule has 0 bridgehead atoms. The summed E-state index contributed by atoms with van der Waals surface area (Å²) in [6, 6.07) is 9.82. The number of carbonyl (C=O) groups is 2. The minimum Gasteiger partial charge on any atom is -0.352 e. The minimum atomic E-state index is -4.38. The maximum absolute atomic E-state index is 12.2. The number of nitrogens with one attached hydrogen (secondary N) is 2. The van der Waals surface area contributed by atoms with Gasteiger partial charge in [0.2, 0.25) is 5.91 Å². The predicted molar refractivity (Wildman–Crippen MR) is 102 cm³/mol. The van der Waals surface area contributed by atoms with E-state index < -0.39 is 24.9 Å². The van der Waals surface area contributed by atoms with Crippen LogP contribution in [0.2, 0.25) is 0 Å². The van der Waals surface area contributed by atoms with E-state index in [0.29, 0.717) is 28.0 Å². The zero-order valence-electron chi connectivity index (χ0n) is 16.1. The van der Waals surface area contributed by atoms with Gasteiger partial charge in [-0.2, -0.15) is 23.5 Å². The highest BCUT2D eigenvalue weighted by molar-refractivity contribution is 5.94. The Morgan fingerprint density at radius 1 is 1.13 bits per heavy atom. The molecule has 31 heavy (non-hydrogen) atoms. The lowest BCUT2D eigenvalue weighted by molar-refractivity contribution is -0.144. The minimum absolute atomic E-state index is 0.0256. The van der Waals surface area contributed by atoms with Gasteiger partial charge in [-0.1, -0.05) is 0 Å². The lowest BCUT2D eigenvalue weighted by atomic mass is 10.1. The first-order valence-corrected chi connectivity index (χ1v) is 9.18. The van der Waals surface area contributed by atoms with E-state index in [2.05, 4.69) is 20.7 Å². The van der Waals surface area contributed by atoms with E-state index in [0.717, 1.165) is 0 Å². The Labute approximate surface area is 174 Å². The smallest absolute Gasteiger partial charge is 0.352 e. The molecular weight excluding hydrogens is 413 g/mol.